The average molecular weight is 366 g/mol. The number of aryl methyl sites for hydroxylation is 1. The summed E-state index contributed by atoms with van der Waals surface area (Å²) in [5.41, 5.74) is 4.10. The fourth-order valence-electron chi connectivity index (χ4n) is 2.55. The molecule has 1 aromatic heterocycles. The van der Waals surface area contributed by atoms with Crippen molar-refractivity contribution in [2.45, 2.75) is 32.8 Å². The highest BCUT2D eigenvalue weighted by molar-refractivity contribution is 7.13. The lowest BCUT2D eigenvalue weighted by Crippen LogP contribution is -2.09. The Balaban J connectivity index is 1.48. The summed E-state index contributed by atoms with van der Waals surface area (Å²) in [6, 6.07) is 18.1. The topological polar surface area (TPSA) is 51.2 Å². The number of hydrogen-bond donors (Lipinski definition) is 1. The van der Waals surface area contributed by atoms with Gasteiger partial charge in [0.2, 0.25) is 0 Å². The van der Waals surface area contributed by atoms with Crippen LogP contribution in [0.5, 0.6) is 0 Å². The highest BCUT2D eigenvalue weighted by Gasteiger charge is 2.13. The summed E-state index contributed by atoms with van der Waals surface area (Å²) in [6.07, 6.45) is 0.364. The number of ether oxygens (including phenoxy) is 1. The van der Waals surface area contributed by atoms with Crippen LogP contribution in [0.2, 0.25) is 0 Å². The highest BCUT2D eigenvalue weighted by atomic mass is 32.1. The molecule has 0 aliphatic rings. The maximum Gasteiger partial charge on any atom is 0.306 e. The molecule has 0 amide bonds. The van der Waals surface area contributed by atoms with Crippen molar-refractivity contribution in [3.8, 4) is 0 Å². The van der Waals surface area contributed by atoms with Gasteiger partial charge in [-0.1, -0.05) is 55.0 Å². The summed E-state index contributed by atoms with van der Waals surface area (Å²) in [6.45, 7) is 4.29. The number of esters is 1. The van der Waals surface area contributed by atoms with E-state index in [2.05, 4.69) is 17.2 Å². The second kappa shape index (κ2) is 8.63. The number of carbonyl (C=O) groups excluding carboxylic acids is 1. The van der Waals surface area contributed by atoms with Gasteiger partial charge in [-0.05, 0) is 30.5 Å². The van der Waals surface area contributed by atoms with Crippen LogP contribution in [0.25, 0.3) is 0 Å². The molecule has 0 fully saturated rings. The second-order valence-corrected chi connectivity index (χ2v) is 7.17. The quantitative estimate of drug-likeness (QED) is 0.566. The third-order valence-electron chi connectivity index (χ3n) is 4.08. The maximum atomic E-state index is 12.1. The highest BCUT2D eigenvalue weighted by Crippen LogP contribution is 2.22. The van der Waals surface area contributed by atoms with Gasteiger partial charge in [-0.25, -0.2) is 4.98 Å². The van der Waals surface area contributed by atoms with Gasteiger partial charge in [0.05, 0.1) is 12.1 Å². The Morgan fingerprint density at radius 3 is 2.62 bits per heavy atom. The summed E-state index contributed by atoms with van der Waals surface area (Å²) in [5, 5.41) is 5.96. The van der Waals surface area contributed by atoms with Crippen molar-refractivity contribution >= 4 is 28.1 Å². The van der Waals surface area contributed by atoms with Gasteiger partial charge in [0.1, 0.15) is 6.61 Å². The van der Waals surface area contributed by atoms with E-state index < -0.39 is 0 Å². The van der Waals surface area contributed by atoms with Crippen molar-refractivity contribution in [3.63, 3.8) is 0 Å². The first kappa shape index (κ1) is 18.1. The number of nitrogens with one attached hydrogen (secondary N) is 1. The van der Waals surface area contributed by atoms with E-state index in [0.29, 0.717) is 6.42 Å². The van der Waals surface area contributed by atoms with Crippen LogP contribution in [0.3, 0.4) is 0 Å². The third-order valence-corrected chi connectivity index (χ3v) is 4.88. The molecule has 0 saturated heterocycles. The number of benzene rings is 2. The Kier molecular flexibility index (Phi) is 6.02. The molecule has 5 heteroatoms. The lowest BCUT2D eigenvalue weighted by atomic mass is 9.98. The number of rotatable bonds is 7. The van der Waals surface area contributed by atoms with Gasteiger partial charge >= 0.3 is 5.97 Å². The van der Waals surface area contributed by atoms with E-state index in [0.717, 1.165) is 22.1 Å². The van der Waals surface area contributed by atoms with Gasteiger partial charge in [0.25, 0.3) is 0 Å². The molecule has 0 aliphatic heterocycles. The molecule has 1 N–H and O–H groups in total. The fraction of sp³-hybridized carbons (Fsp3) is 0.238. The van der Waals surface area contributed by atoms with Crippen molar-refractivity contribution < 1.29 is 9.53 Å². The molecule has 0 spiro atoms. The molecule has 2 aromatic carbocycles. The first-order chi connectivity index (χ1) is 12.6. The summed E-state index contributed by atoms with van der Waals surface area (Å²) >= 11 is 1.50. The van der Waals surface area contributed by atoms with E-state index in [9.17, 15) is 4.79 Å². The average Bonchev–Trinajstić information content (AvgIpc) is 3.10. The molecular weight excluding hydrogens is 344 g/mol. The number of hydrogen-bond acceptors (Lipinski definition) is 5. The van der Waals surface area contributed by atoms with Crippen LogP contribution in [0, 0.1) is 6.92 Å². The van der Waals surface area contributed by atoms with Crippen LogP contribution in [0.15, 0.2) is 60.0 Å². The second-order valence-electron chi connectivity index (χ2n) is 6.31. The van der Waals surface area contributed by atoms with Crippen LogP contribution in [-0.4, -0.2) is 11.0 Å². The largest absolute Gasteiger partial charge is 0.459 e. The molecule has 0 saturated carbocycles. The number of carbonyl (C=O) groups is 1. The molecule has 1 heterocycles. The van der Waals surface area contributed by atoms with Crippen LogP contribution >= 0.6 is 11.3 Å². The van der Waals surface area contributed by atoms with Gasteiger partial charge in [-0.15, -0.1) is 11.3 Å². The van der Waals surface area contributed by atoms with Crippen LogP contribution in [-0.2, 0) is 16.1 Å². The Hall–Kier alpha value is -2.66. The normalized spacial score (nSPS) is 11.8. The number of anilines is 2. The van der Waals surface area contributed by atoms with E-state index in [1.807, 2.05) is 66.9 Å². The zero-order valence-electron chi connectivity index (χ0n) is 14.9. The Bertz CT molecular complexity index is 844. The Morgan fingerprint density at radius 2 is 1.88 bits per heavy atom. The van der Waals surface area contributed by atoms with Gasteiger partial charge in [0, 0.05) is 11.1 Å². The maximum absolute atomic E-state index is 12.1. The summed E-state index contributed by atoms with van der Waals surface area (Å²) in [5.74, 6) is -0.0692. The zero-order chi connectivity index (χ0) is 18.4. The molecule has 0 unspecified atom stereocenters. The van der Waals surface area contributed by atoms with Crippen LogP contribution < -0.4 is 5.32 Å². The van der Waals surface area contributed by atoms with Gasteiger partial charge in [-0.2, -0.15) is 0 Å². The lowest BCUT2D eigenvalue weighted by Gasteiger charge is -2.10. The first-order valence-corrected chi connectivity index (χ1v) is 9.47. The number of nitrogens with zero attached hydrogens (tertiary/aromatic N) is 1. The Labute approximate surface area is 157 Å². The smallest absolute Gasteiger partial charge is 0.306 e. The Morgan fingerprint density at radius 1 is 1.15 bits per heavy atom. The minimum atomic E-state index is -0.206. The molecule has 3 aromatic rings. The molecular formula is C21H22N2O2S. The zero-order valence-corrected chi connectivity index (χ0v) is 15.8. The monoisotopic (exact) mass is 366 g/mol. The van der Waals surface area contributed by atoms with E-state index in [4.69, 9.17) is 4.74 Å². The van der Waals surface area contributed by atoms with Crippen molar-refractivity contribution in [2.75, 3.05) is 5.32 Å². The molecule has 134 valence electrons. The summed E-state index contributed by atoms with van der Waals surface area (Å²) < 4.78 is 5.38. The van der Waals surface area contributed by atoms with E-state index in [-0.39, 0.29) is 18.5 Å². The molecule has 26 heavy (non-hydrogen) atoms. The molecule has 0 radical (unpaired) electrons. The van der Waals surface area contributed by atoms with Crippen LogP contribution in [0.1, 0.15) is 36.1 Å². The first-order valence-electron chi connectivity index (χ1n) is 8.59. The van der Waals surface area contributed by atoms with E-state index in [1.165, 1.54) is 16.9 Å². The summed E-state index contributed by atoms with van der Waals surface area (Å²) in [7, 11) is 0. The van der Waals surface area contributed by atoms with Gasteiger partial charge in [-0.3, -0.25) is 4.79 Å². The van der Waals surface area contributed by atoms with E-state index in [1.54, 1.807) is 0 Å². The minimum absolute atomic E-state index is 0.137. The molecule has 4 nitrogen and oxygen atoms in total. The predicted molar refractivity (Wildman–Crippen MR) is 106 cm³/mol. The van der Waals surface area contributed by atoms with E-state index >= 15 is 0 Å². The minimum Gasteiger partial charge on any atom is -0.459 e. The number of aromatic nitrogens is 1. The third kappa shape index (κ3) is 5.17. The van der Waals surface area contributed by atoms with Gasteiger partial charge < -0.3 is 10.1 Å². The van der Waals surface area contributed by atoms with Crippen molar-refractivity contribution in [1.29, 1.82) is 0 Å². The van der Waals surface area contributed by atoms with Gasteiger partial charge in [0.15, 0.2) is 5.13 Å². The number of thiazole rings is 1. The molecule has 0 bridgehead atoms. The molecule has 1 atom stereocenters. The SMILES string of the molecule is Cc1ccc(Nc2nc(COC(=O)C[C@H](C)c3ccccc3)cs2)cc1. The van der Waals surface area contributed by atoms with Crippen LogP contribution in [0.4, 0.5) is 10.8 Å². The van der Waals surface area contributed by atoms with Crippen molar-refractivity contribution in [2.24, 2.45) is 0 Å². The standard InChI is InChI=1S/C21H22N2O2S/c1-15-8-10-18(11-9-15)22-21-23-19(14-26-21)13-25-20(24)12-16(2)17-6-4-3-5-7-17/h3-11,14,16H,12-13H2,1-2H3,(H,22,23)/t16-/m0/s1. The predicted octanol–water partition coefficient (Wildman–Crippen LogP) is 5.43. The fourth-order valence-corrected chi connectivity index (χ4v) is 3.27. The molecule has 0 aliphatic carbocycles. The molecule has 3 rings (SSSR count). The lowest BCUT2D eigenvalue weighted by molar-refractivity contribution is -0.145. The van der Waals surface area contributed by atoms with Crippen molar-refractivity contribution in [3.05, 3.63) is 76.8 Å². The van der Waals surface area contributed by atoms with Crippen molar-refractivity contribution in [1.82, 2.24) is 4.98 Å². The summed E-state index contributed by atoms with van der Waals surface area (Å²) in [4.78, 5) is 16.5.